The van der Waals surface area contributed by atoms with Crippen molar-refractivity contribution in [1.29, 1.82) is 0 Å². The van der Waals surface area contributed by atoms with Crippen LogP contribution in [0.4, 0.5) is 0 Å². The predicted octanol–water partition coefficient (Wildman–Crippen LogP) is 3.67. The quantitative estimate of drug-likeness (QED) is 0.779. The number of carboxylic acid groups (broad SMARTS) is 1. The Morgan fingerprint density at radius 1 is 1.20 bits per heavy atom. The van der Waals surface area contributed by atoms with E-state index in [-0.39, 0.29) is 5.56 Å². The summed E-state index contributed by atoms with van der Waals surface area (Å²) in [6, 6.07) is 5.48. The Morgan fingerprint density at radius 2 is 2.00 bits per heavy atom. The lowest BCUT2D eigenvalue weighted by Crippen LogP contribution is -2.02. The fourth-order valence-corrected chi connectivity index (χ4v) is 2.94. The summed E-state index contributed by atoms with van der Waals surface area (Å²) in [5, 5.41) is 12.0. The molecule has 0 amide bonds. The van der Waals surface area contributed by atoms with Crippen molar-refractivity contribution in [3.05, 3.63) is 45.8 Å². The average Bonchev–Trinajstić information content (AvgIpc) is 2.90. The first-order valence-electron chi connectivity index (χ1n) is 6.10. The third-order valence-electron chi connectivity index (χ3n) is 3.18. The molecule has 0 saturated carbocycles. The van der Waals surface area contributed by atoms with Crippen molar-refractivity contribution in [2.24, 2.45) is 0 Å². The highest BCUT2D eigenvalue weighted by molar-refractivity contribution is 7.07. The molecule has 1 aromatic carbocycles. The van der Waals surface area contributed by atoms with Crippen molar-refractivity contribution < 1.29 is 9.90 Å². The van der Waals surface area contributed by atoms with E-state index < -0.39 is 5.97 Å². The third kappa shape index (κ3) is 2.06. The molecule has 0 saturated heterocycles. The van der Waals surface area contributed by atoms with Crippen LogP contribution in [0.2, 0.25) is 0 Å². The van der Waals surface area contributed by atoms with Gasteiger partial charge in [0.2, 0.25) is 0 Å². The van der Waals surface area contributed by atoms with Gasteiger partial charge in [-0.2, -0.15) is 0 Å². The topological polar surface area (TPSA) is 63.1 Å². The highest BCUT2D eigenvalue weighted by atomic mass is 32.1. The minimum atomic E-state index is -0.944. The zero-order valence-electron chi connectivity index (χ0n) is 11.0. The van der Waals surface area contributed by atoms with E-state index >= 15 is 0 Å². The number of hydrogen-bond donors (Lipinski definition) is 1. The van der Waals surface area contributed by atoms with Crippen LogP contribution in [0.5, 0.6) is 0 Å². The highest BCUT2D eigenvalue weighted by Gasteiger charge is 2.15. The van der Waals surface area contributed by atoms with E-state index in [2.05, 4.69) is 9.97 Å². The van der Waals surface area contributed by atoms with Crippen LogP contribution >= 0.6 is 11.3 Å². The second kappa shape index (κ2) is 4.68. The van der Waals surface area contributed by atoms with Crippen molar-refractivity contribution in [2.45, 2.75) is 13.8 Å². The molecule has 0 spiro atoms. The van der Waals surface area contributed by atoms with Gasteiger partial charge in [0, 0.05) is 10.8 Å². The SMILES string of the molecule is Cc1cc(C)c2c(C(=O)O)cc(-c3cscn3)nc2c1. The number of aryl methyl sites for hydroxylation is 2. The molecule has 0 bridgehead atoms. The van der Waals surface area contributed by atoms with Gasteiger partial charge in [-0.25, -0.2) is 14.8 Å². The third-order valence-corrected chi connectivity index (χ3v) is 3.76. The van der Waals surface area contributed by atoms with E-state index in [0.717, 1.165) is 11.1 Å². The van der Waals surface area contributed by atoms with Gasteiger partial charge in [-0.3, -0.25) is 0 Å². The summed E-state index contributed by atoms with van der Waals surface area (Å²) in [4.78, 5) is 20.3. The van der Waals surface area contributed by atoms with Crippen LogP contribution < -0.4 is 0 Å². The van der Waals surface area contributed by atoms with Gasteiger partial charge in [-0.05, 0) is 37.1 Å². The summed E-state index contributed by atoms with van der Waals surface area (Å²) in [5.74, 6) is -0.944. The van der Waals surface area contributed by atoms with Gasteiger partial charge in [0.15, 0.2) is 0 Å². The number of aromatic carboxylic acids is 1. The fraction of sp³-hybridized carbons (Fsp3) is 0.133. The van der Waals surface area contributed by atoms with Crippen LogP contribution in [0.25, 0.3) is 22.3 Å². The summed E-state index contributed by atoms with van der Waals surface area (Å²) in [7, 11) is 0. The number of nitrogens with zero attached hydrogens (tertiary/aromatic N) is 2. The van der Waals surface area contributed by atoms with E-state index in [1.54, 1.807) is 11.6 Å². The zero-order chi connectivity index (χ0) is 14.3. The van der Waals surface area contributed by atoms with Gasteiger partial charge < -0.3 is 5.11 Å². The largest absolute Gasteiger partial charge is 0.478 e. The summed E-state index contributed by atoms with van der Waals surface area (Å²) < 4.78 is 0. The Hall–Kier alpha value is -2.27. The summed E-state index contributed by atoms with van der Waals surface area (Å²) in [6.45, 7) is 3.88. The number of rotatable bonds is 2. The first-order valence-corrected chi connectivity index (χ1v) is 7.04. The lowest BCUT2D eigenvalue weighted by Gasteiger charge is -2.09. The molecule has 2 aromatic heterocycles. The van der Waals surface area contributed by atoms with Gasteiger partial charge in [0.05, 0.1) is 28.0 Å². The van der Waals surface area contributed by atoms with Crippen LogP contribution in [0, 0.1) is 13.8 Å². The maximum Gasteiger partial charge on any atom is 0.336 e. The standard InChI is InChI=1S/C15H12N2O2S/c1-8-3-9(2)14-10(15(18)19)5-11(17-12(14)4-8)13-6-20-7-16-13/h3-7H,1-2H3,(H,18,19). The van der Waals surface area contributed by atoms with Crippen LogP contribution in [0.3, 0.4) is 0 Å². The summed E-state index contributed by atoms with van der Waals surface area (Å²) >= 11 is 1.46. The van der Waals surface area contributed by atoms with Gasteiger partial charge in [-0.15, -0.1) is 11.3 Å². The van der Waals surface area contributed by atoms with Gasteiger partial charge in [0.1, 0.15) is 0 Å². The minimum absolute atomic E-state index is 0.274. The van der Waals surface area contributed by atoms with E-state index in [1.807, 2.05) is 31.4 Å². The Labute approximate surface area is 119 Å². The molecule has 0 aliphatic carbocycles. The number of carboxylic acids is 1. The zero-order valence-corrected chi connectivity index (χ0v) is 11.9. The van der Waals surface area contributed by atoms with Crippen molar-refractivity contribution in [3.63, 3.8) is 0 Å². The number of pyridine rings is 1. The van der Waals surface area contributed by atoms with E-state index in [1.165, 1.54) is 11.3 Å². The first-order chi connectivity index (χ1) is 9.56. The van der Waals surface area contributed by atoms with Crippen LogP contribution in [-0.2, 0) is 0 Å². The summed E-state index contributed by atoms with van der Waals surface area (Å²) in [6.07, 6.45) is 0. The molecule has 5 heteroatoms. The molecular formula is C15H12N2O2S. The molecule has 4 nitrogen and oxygen atoms in total. The second-order valence-corrected chi connectivity index (χ2v) is 5.43. The Bertz CT molecular complexity index is 810. The molecule has 1 N–H and O–H groups in total. The number of carbonyl (C=O) groups is 1. The van der Waals surface area contributed by atoms with E-state index in [4.69, 9.17) is 0 Å². The molecule has 3 aromatic rings. The number of fused-ring (bicyclic) bond motifs is 1. The van der Waals surface area contributed by atoms with Gasteiger partial charge in [-0.1, -0.05) is 6.07 Å². The molecule has 0 aliphatic heterocycles. The van der Waals surface area contributed by atoms with Crippen molar-refractivity contribution in [2.75, 3.05) is 0 Å². The van der Waals surface area contributed by atoms with Crippen molar-refractivity contribution >= 4 is 28.2 Å². The molecule has 2 heterocycles. The Morgan fingerprint density at radius 3 is 2.65 bits per heavy atom. The Kier molecular flexibility index (Phi) is 2.99. The first kappa shape index (κ1) is 12.7. The molecular weight excluding hydrogens is 272 g/mol. The number of thiazole rings is 1. The summed E-state index contributed by atoms with van der Waals surface area (Å²) in [5.41, 5.74) is 5.98. The lowest BCUT2D eigenvalue weighted by molar-refractivity contribution is 0.0699. The highest BCUT2D eigenvalue weighted by Crippen LogP contribution is 2.28. The number of aromatic nitrogens is 2. The molecule has 0 unspecified atom stereocenters. The normalized spacial score (nSPS) is 10.9. The van der Waals surface area contributed by atoms with Crippen LogP contribution in [-0.4, -0.2) is 21.0 Å². The van der Waals surface area contributed by atoms with Crippen LogP contribution in [0.15, 0.2) is 29.1 Å². The monoisotopic (exact) mass is 284 g/mol. The van der Waals surface area contributed by atoms with Crippen molar-refractivity contribution in [3.8, 4) is 11.4 Å². The Balaban J connectivity index is 2.40. The maximum atomic E-state index is 11.5. The van der Waals surface area contributed by atoms with E-state index in [9.17, 15) is 9.90 Å². The van der Waals surface area contributed by atoms with Crippen LogP contribution in [0.1, 0.15) is 21.5 Å². The predicted molar refractivity (Wildman–Crippen MR) is 79.3 cm³/mol. The average molecular weight is 284 g/mol. The fourth-order valence-electron chi connectivity index (χ4n) is 2.39. The lowest BCUT2D eigenvalue weighted by atomic mass is 10.00. The number of hydrogen-bond acceptors (Lipinski definition) is 4. The van der Waals surface area contributed by atoms with Crippen molar-refractivity contribution in [1.82, 2.24) is 9.97 Å². The molecule has 0 fully saturated rings. The molecule has 0 aliphatic rings. The van der Waals surface area contributed by atoms with Gasteiger partial charge >= 0.3 is 5.97 Å². The molecule has 100 valence electrons. The maximum absolute atomic E-state index is 11.5. The number of benzene rings is 1. The molecule has 3 rings (SSSR count). The molecule has 0 radical (unpaired) electrons. The van der Waals surface area contributed by atoms with E-state index in [0.29, 0.717) is 22.3 Å². The van der Waals surface area contributed by atoms with Gasteiger partial charge in [0.25, 0.3) is 0 Å². The minimum Gasteiger partial charge on any atom is -0.478 e. The second-order valence-electron chi connectivity index (χ2n) is 4.71. The smallest absolute Gasteiger partial charge is 0.336 e. The molecule has 20 heavy (non-hydrogen) atoms. The molecule has 0 atom stereocenters.